The summed E-state index contributed by atoms with van der Waals surface area (Å²) in [4.78, 5) is 7.36. The van der Waals surface area contributed by atoms with Crippen LogP contribution in [0.25, 0.3) is 0 Å². The van der Waals surface area contributed by atoms with Crippen LogP contribution in [0.1, 0.15) is 37.0 Å². The van der Waals surface area contributed by atoms with Crippen molar-refractivity contribution in [3.8, 4) is 5.75 Å². The minimum atomic E-state index is 0.476. The first-order valence-corrected chi connectivity index (χ1v) is 11.0. The molecule has 0 bridgehead atoms. The summed E-state index contributed by atoms with van der Waals surface area (Å²) >= 11 is 0. The van der Waals surface area contributed by atoms with Gasteiger partial charge in [0.25, 0.3) is 0 Å². The summed E-state index contributed by atoms with van der Waals surface area (Å²) in [6, 6.07) is 8.53. The molecule has 31 heavy (non-hydrogen) atoms. The molecule has 168 valence electrons. The van der Waals surface area contributed by atoms with Crippen molar-refractivity contribution in [1.82, 2.24) is 30.3 Å². The lowest BCUT2D eigenvalue weighted by Crippen LogP contribution is -2.44. The molecule has 0 aliphatic carbocycles. The van der Waals surface area contributed by atoms with Crippen molar-refractivity contribution in [3.63, 3.8) is 0 Å². The van der Waals surface area contributed by atoms with E-state index in [1.807, 2.05) is 42.8 Å². The molecular formula is C23H35N7O. The zero-order chi connectivity index (χ0) is 22.1. The number of nitrogens with one attached hydrogen (secondary N) is 2. The van der Waals surface area contributed by atoms with Crippen molar-refractivity contribution in [2.75, 3.05) is 26.2 Å². The molecule has 0 spiro atoms. The molecular weight excluding hydrogens is 390 g/mol. The number of ether oxygens (including phenoxy) is 1. The highest BCUT2D eigenvalue weighted by Gasteiger charge is 2.22. The number of para-hydroxylation sites is 1. The molecule has 8 heteroatoms. The van der Waals surface area contributed by atoms with Crippen molar-refractivity contribution in [2.24, 2.45) is 12.0 Å². The number of likely N-dealkylation sites (tertiary alicyclic amines) is 1. The van der Waals surface area contributed by atoms with E-state index < -0.39 is 0 Å². The molecule has 0 radical (unpaired) electrons. The van der Waals surface area contributed by atoms with Gasteiger partial charge in [0.2, 0.25) is 0 Å². The Morgan fingerprint density at radius 2 is 2.16 bits per heavy atom. The van der Waals surface area contributed by atoms with Gasteiger partial charge in [-0.25, -0.2) is 4.99 Å². The molecule has 0 saturated carbocycles. The van der Waals surface area contributed by atoms with E-state index in [0.717, 1.165) is 42.0 Å². The Labute approximate surface area is 185 Å². The topological polar surface area (TPSA) is 79.6 Å². The first-order chi connectivity index (χ1) is 15.1. The number of aryl methyl sites for hydroxylation is 1. The Morgan fingerprint density at radius 3 is 2.90 bits per heavy atom. The Hall–Kier alpha value is -2.87. The molecule has 2 heterocycles. The van der Waals surface area contributed by atoms with Gasteiger partial charge in [-0.2, -0.15) is 0 Å². The van der Waals surface area contributed by atoms with Crippen LogP contribution in [0.15, 0.2) is 41.9 Å². The number of hydrogen-bond acceptors (Lipinski definition) is 5. The van der Waals surface area contributed by atoms with E-state index >= 15 is 0 Å². The first kappa shape index (κ1) is 22.8. The molecule has 3 rings (SSSR count). The number of hydrogen-bond donors (Lipinski definition) is 2. The number of nitrogens with zero attached hydrogens (tertiary/aromatic N) is 5. The standard InChI is InChI=1S/C23H35N7O/c1-5-14-31-21-12-8-7-10-19(21)15-24-23(25-16-20-11-9-13-30(20)6-2)26-17-22-28-27-18(3)29(22)4/h5,7-8,10,12,20H,1,6,9,11,13-17H2,2-4H3,(H2,24,25,26). The van der Waals surface area contributed by atoms with Crippen LogP contribution >= 0.6 is 0 Å². The molecule has 1 fully saturated rings. The van der Waals surface area contributed by atoms with Crippen molar-refractivity contribution in [2.45, 2.75) is 45.8 Å². The molecule has 1 aromatic carbocycles. The maximum atomic E-state index is 5.78. The van der Waals surface area contributed by atoms with Gasteiger partial charge in [0, 0.05) is 25.2 Å². The Kier molecular flexibility index (Phi) is 8.46. The van der Waals surface area contributed by atoms with Crippen LogP contribution in [0.4, 0.5) is 0 Å². The fourth-order valence-electron chi connectivity index (χ4n) is 3.79. The van der Waals surface area contributed by atoms with Crippen LogP contribution in [0.2, 0.25) is 0 Å². The number of rotatable bonds is 10. The third-order valence-electron chi connectivity index (χ3n) is 5.74. The smallest absolute Gasteiger partial charge is 0.192 e. The Balaban J connectivity index is 1.69. The average molecular weight is 426 g/mol. The fraction of sp³-hybridized carbons (Fsp3) is 0.522. The summed E-state index contributed by atoms with van der Waals surface area (Å²) in [5.74, 6) is 3.36. The molecule has 1 unspecified atom stereocenters. The summed E-state index contributed by atoms with van der Waals surface area (Å²) in [5.41, 5.74) is 1.04. The molecule has 2 N–H and O–H groups in total. The van der Waals surface area contributed by atoms with Crippen molar-refractivity contribution in [3.05, 3.63) is 54.1 Å². The van der Waals surface area contributed by atoms with E-state index in [-0.39, 0.29) is 0 Å². The minimum absolute atomic E-state index is 0.476. The van der Waals surface area contributed by atoms with E-state index in [9.17, 15) is 0 Å². The summed E-state index contributed by atoms with van der Waals surface area (Å²) < 4.78 is 7.76. The highest BCUT2D eigenvalue weighted by atomic mass is 16.5. The highest BCUT2D eigenvalue weighted by Crippen LogP contribution is 2.19. The van der Waals surface area contributed by atoms with Crippen LogP contribution < -0.4 is 15.4 Å². The maximum Gasteiger partial charge on any atom is 0.192 e. The van der Waals surface area contributed by atoms with Crippen LogP contribution in [-0.4, -0.2) is 57.9 Å². The second-order valence-corrected chi connectivity index (χ2v) is 7.75. The molecule has 1 aliphatic heterocycles. The van der Waals surface area contributed by atoms with Crippen molar-refractivity contribution >= 4 is 5.96 Å². The van der Waals surface area contributed by atoms with Gasteiger partial charge in [0.15, 0.2) is 11.8 Å². The van der Waals surface area contributed by atoms with Crippen molar-refractivity contribution in [1.29, 1.82) is 0 Å². The quantitative estimate of drug-likeness (QED) is 0.346. The maximum absolute atomic E-state index is 5.78. The van der Waals surface area contributed by atoms with E-state index in [0.29, 0.717) is 25.7 Å². The summed E-state index contributed by atoms with van der Waals surface area (Å²) in [6.45, 7) is 12.6. The first-order valence-electron chi connectivity index (χ1n) is 11.0. The Bertz CT molecular complexity index is 877. The molecule has 0 amide bonds. The van der Waals surface area contributed by atoms with Gasteiger partial charge in [0.05, 0.1) is 13.1 Å². The van der Waals surface area contributed by atoms with Crippen LogP contribution in [0, 0.1) is 6.92 Å². The zero-order valence-corrected chi connectivity index (χ0v) is 19.0. The second-order valence-electron chi connectivity index (χ2n) is 7.75. The van der Waals surface area contributed by atoms with Gasteiger partial charge in [-0.05, 0) is 38.9 Å². The highest BCUT2D eigenvalue weighted by molar-refractivity contribution is 5.79. The Morgan fingerprint density at radius 1 is 1.32 bits per heavy atom. The lowest BCUT2D eigenvalue weighted by Gasteiger charge is -2.24. The van der Waals surface area contributed by atoms with Gasteiger partial charge in [-0.15, -0.1) is 10.2 Å². The molecule has 2 aromatic rings. The molecule has 8 nitrogen and oxygen atoms in total. The van der Waals surface area contributed by atoms with Gasteiger partial charge in [-0.1, -0.05) is 37.8 Å². The van der Waals surface area contributed by atoms with Gasteiger partial charge < -0.3 is 19.9 Å². The van der Waals surface area contributed by atoms with E-state index in [2.05, 4.69) is 39.2 Å². The predicted octanol–water partition coefficient (Wildman–Crippen LogP) is 2.41. The van der Waals surface area contributed by atoms with Crippen LogP contribution in [-0.2, 0) is 20.1 Å². The minimum Gasteiger partial charge on any atom is -0.489 e. The molecule has 1 aromatic heterocycles. The lowest BCUT2D eigenvalue weighted by molar-refractivity contribution is 0.267. The zero-order valence-electron chi connectivity index (χ0n) is 19.0. The van der Waals surface area contributed by atoms with Gasteiger partial charge in [-0.3, -0.25) is 4.90 Å². The number of benzene rings is 1. The van der Waals surface area contributed by atoms with E-state index in [1.54, 1.807) is 6.08 Å². The lowest BCUT2D eigenvalue weighted by atomic mass is 10.2. The van der Waals surface area contributed by atoms with Gasteiger partial charge >= 0.3 is 0 Å². The van der Waals surface area contributed by atoms with Crippen LogP contribution in [0.5, 0.6) is 5.75 Å². The summed E-state index contributed by atoms with van der Waals surface area (Å²) in [6.07, 6.45) is 4.22. The molecule has 1 aliphatic rings. The SMILES string of the molecule is C=CCOc1ccccc1CN=C(NCc1nnc(C)n1C)NCC1CCCN1CC. The predicted molar refractivity (Wildman–Crippen MR) is 124 cm³/mol. The third-order valence-corrected chi connectivity index (χ3v) is 5.74. The van der Waals surface area contributed by atoms with Crippen LogP contribution in [0.3, 0.4) is 0 Å². The average Bonchev–Trinajstić information content (AvgIpc) is 3.38. The monoisotopic (exact) mass is 425 g/mol. The largest absolute Gasteiger partial charge is 0.489 e. The van der Waals surface area contributed by atoms with Crippen molar-refractivity contribution < 1.29 is 4.74 Å². The third kappa shape index (κ3) is 6.30. The number of aromatic nitrogens is 3. The van der Waals surface area contributed by atoms with E-state index in [1.165, 1.54) is 19.4 Å². The summed E-state index contributed by atoms with van der Waals surface area (Å²) in [5, 5.41) is 15.3. The normalized spacial score (nSPS) is 17.0. The fourth-order valence-corrected chi connectivity index (χ4v) is 3.79. The second kappa shape index (κ2) is 11.5. The molecule has 1 atom stereocenters. The number of likely N-dealkylation sites (N-methyl/N-ethyl adjacent to an activating group) is 1. The summed E-state index contributed by atoms with van der Waals surface area (Å²) in [7, 11) is 1.97. The number of aliphatic imine (C=N–C) groups is 1. The molecule has 1 saturated heterocycles. The van der Waals surface area contributed by atoms with E-state index in [4.69, 9.17) is 9.73 Å². The van der Waals surface area contributed by atoms with Gasteiger partial charge in [0.1, 0.15) is 18.2 Å². The number of guanidine groups is 1.